The van der Waals surface area contributed by atoms with Gasteiger partial charge in [0, 0.05) is 11.7 Å². The van der Waals surface area contributed by atoms with Crippen molar-refractivity contribution >= 4 is 23.0 Å². The number of benzene rings is 1. The highest BCUT2D eigenvalue weighted by Gasteiger charge is 2.31. The third-order valence-corrected chi connectivity index (χ3v) is 4.36. The topological polar surface area (TPSA) is 24.1 Å². The first-order valence-corrected chi connectivity index (χ1v) is 7.94. The number of hydrogen-bond acceptors (Lipinski definition) is 1. The molecule has 20 heavy (non-hydrogen) atoms. The van der Waals surface area contributed by atoms with Gasteiger partial charge >= 0.3 is 0 Å². The van der Waals surface area contributed by atoms with Crippen LogP contribution in [0.1, 0.15) is 58.4 Å². The van der Waals surface area contributed by atoms with Crippen molar-refractivity contribution in [2.45, 2.75) is 58.9 Å². The first-order valence-electron chi connectivity index (χ1n) is 7.53. The number of hydrogen-bond donors (Lipinski definition) is 2. The van der Waals surface area contributed by atoms with E-state index in [-0.39, 0.29) is 0 Å². The molecule has 2 N–H and O–H groups in total. The van der Waals surface area contributed by atoms with E-state index < -0.39 is 0 Å². The zero-order chi connectivity index (χ0) is 14.8. The van der Waals surface area contributed by atoms with E-state index in [4.69, 9.17) is 12.2 Å². The van der Waals surface area contributed by atoms with Crippen LogP contribution in [0.25, 0.3) is 0 Å². The normalized spacial score (nSPS) is 20.9. The van der Waals surface area contributed by atoms with Crippen molar-refractivity contribution < 1.29 is 0 Å². The first kappa shape index (κ1) is 15.3. The predicted octanol–water partition coefficient (Wildman–Crippen LogP) is 4.68. The Bertz CT molecular complexity index is 462. The van der Waals surface area contributed by atoms with E-state index >= 15 is 0 Å². The molecule has 0 amide bonds. The molecule has 3 heteroatoms. The second kappa shape index (κ2) is 6.13. The first-order chi connectivity index (χ1) is 9.35. The van der Waals surface area contributed by atoms with Crippen LogP contribution in [-0.2, 0) is 0 Å². The average Bonchev–Trinajstić information content (AvgIpc) is 2.69. The molecule has 0 heterocycles. The molecular formula is C17H26N2S. The van der Waals surface area contributed by atoms with Gasteiger partial charge in [-0.15, -0.1) is 0 Å². The lowest BCUT2D eigenvalue weighted by molar-refractivity contribution is 0.372. The van der Waals surface area contributed by atoms with Gasteiger partial charge in [0.25, 0.3) is 0 Å². The largest absolute Gasteiger partial charge is 0.360 e. The summed E-state index contributed by atoms with van der Waals surface area (Å²) in [4.78, 5) is 0. The highest BCUT2D eigenvalue weighted by molar-refractivity contribution is 7.80. The Hall–Kier alpha value is -1.09. The lowest BCUT2D eigenvalue weighted by atomic mass is 9.92. The van der Waals surface area contributed by atoms with E-state index in [0.29, 0.717) is 17.4 Å². The Labute approximate surface area is 128 Å². The van der Waals surface area contributed by atoms with Gasteiger partial charge in [0.1, 0.15) is 0 Å². The van der Waals surface area contributed by atoms with Crippen molar-refractivity contribution in [1.29, 1.82) is 0 Å². The summed E-state index contributed by atoms with van der Waals surface area (Å²) in [6.07, 6.45) is 3.68. The second-order valence-electron chi connectivity index (χ2n) is 6.98. The maximum Gasteiger partial charge on any atom is 0.170 e. The zero-order valence-electron chi connectivity index (χ0n) is 13.0. The molecule has 1 aliphatic rings. The van der Waals surface area contributed by atoms with Crippen LogP contribution in [0.15, 0.2) is 24.3 Å². The molecule has 1 aromatic rings. The van der Waals surface area contributed by atoms with Gasteiger partial charge in [-0.25, -0.2) is 0 Å². The maximum absolute atomic E-state index is 5.41. The summed E-state index contributed by atoms with van der Waals surface area (Å²) in [6, 6.07) is 9.03. The smallest absolute Gasteiger partial charge is 0.170 e. The fourth-order valence-electron chi connectivity index (χ4n) is 2.86. The van der Waals surface area contributed by atoms with Crippen molar-refractivity contribution in [2.75, 3.05) is 5.32 Å². The third-order valence-electron chi connectivity index (χ3n) is 4.14. The molecule has 0 bridgehead atoms. The molecule has 1 saturated carbocycles. The van der Waals surface area contributed by atoms with Crippen LogP contribution >= 0.6 is 12.2 Å². The minimum absolute atomic E-state index is 0.451. The standard InChI is InChI=1S/C17H26N2S/c1-12(2)13-5-7-14(8-6-13)18-16(20)19-15-9-10-17(3,4)11-15/h5-8,12,15H,9-11H2,1-4H3,(H2,18,19,20). The van der Waals surface area contributed by atoms with E-state index in [2.05, 4.69) is 62.6 Å². The van der Waals surface area contributed by atoms with Crippen molar-refractivity contribution in [1.82, 2.24) is 5.32 Å². The second-order valence-corrected chi connectivity index (χ2v) is 7.39. The van der Waals surface area contributed by atoms with Crippen LogP contribution < -0.4 is 10.6 Å². The highest BCUT2D eigenvalue weighted by Crippen LogP contribution is 2.36. The summed E-state index contributed by atoms with van der Waals surface area (Å²) in [5.74, 6) is 0.565. The molecule has 0 spiro atoms. The summed E-state index contributed by atoms with van der Waals surface area (Å²) in [7, 11) is 0. The molecule has 1 aromatic carbocycles. The van der Waals surface area contributed by atoms with E-state index in [9.17, 15) is 0 Å². The molecular weight excluding hydrogens is 264 g/mol. The molecule has 0 aliphatic heterocycles. The molecule has 2 nitrogen and oxygen atoms in total. The summed E-state index contributed by atoms with van der Waals surface area (Å²) in [5, 5.41) is 7.46. The van der Waals surface area contributed by atoms with E-state index in [1.807, 2.05) is 0 Å². The lowest BCUT2D eigenvalue weighted by Gasteiger charge is -2.19. The van der Waals surface area contributed by atoms with Crippen molar-refractivity contribution in [2.24, 2.45) is 5.41 Å². The Balaban J connectivity index is 1.85. The van der Waals surface area contributed by atoms with Crippen molar-refractivity contribution in [3.63, 3.8) is 0 Å². The minimum atomic E-state index is 0.451. The van der Waals surface area contributed by atoms with Crippen LogP contribution in [0.2, 0.25) is 0 Å². The predicted molar refractivity (Wildman–Crippen MR) is 91.3 cm³/mol. The highest BCUT2D eigenvalue weighted by atomic mass is 32.1. The molecule has 2 rings (SSSR count). The molecule has 1 fully saturated rings. The summed E-state index contributed by atoms with van der Waals surface area (Å²) >= 11 is 5.41. The molecule has 1 aliphatic carbocycles. The molecule has 110 valence electrons. The quantitative estimate of drug-likeness (QED) is 0.791. The number of thiocarbonyl (C=S) groups is 1. The summed E-state index contributed by atoms with van der Waals surface area (Å²) in [5.41, 5.74) is 2.86. The SMILES string of the molecule is CC(C)c1ccc(NC(=S)NC2CCC(C)(C)C2)cc1. The molecule has 1 atom stereocenters. The van der Waals surface area contributed by atoms with Gasteiger partial charge in [-0.2, -0.15) is 0 Å². The molecule has 0 saturated heterocycles. The third kappa shape index (κ3) is 4.20. The molecule has 0 radical (unpaired) electrons. The zero-order valence-corrected chi connectivity index (χ0v) is 13.8. The van der Waals surface area contributed by atoms with Gasteiger partial charge in [-0.1, -0.05) is 39.8 Å². The van der Waals surface area contributed by atoms with Crippen LogP contribution in [0.4, 0.5) is 5.69 Å². The fourth-order valence-corrected chi connectivity index (χ4v) is 3.15. The number of nitrogens with one attached hydrogen (secondary N) is 2. The van der Waals surface area contributed by atoms with Crippen LogP contribution in [-0.4, -0.2) is 11.2 Å². The van der Waals surface area contributed by atoms with E-state index in [1.54, 1.807) is 0 Å². The van der Waals surface area contributed by atoms with E-state index in [1.165, 1.54) is 24.8 Å². The minimum Gasteiger partial charge on any atom is -0.360 e. The monoisotopic (exact) mass is 290 g/mol. The van der Waals surface area contributed by atoms with Gasteiger partial charge in [0.15, 0.2) is 5.11 Å². The Morgan fingerprint density at radius 1 is 1.25 bits per heavy atom. The molecule has 1 unspecified atom stereocenters. The Morgan fingerprint density at radius 3 is 2.40 bits per heavy atom. The van der Waals surface area contributed by atoms with E-state index in [0.717, 1.165) is 10.8 Å². The Morgan fingerprint density at radius 2 is 1.90 bits per heavy atom. The van der Waals surface area contributed by atoms with Gasteiger partial charge in [-0.3, -0.25) is 0 Å². The van der Waals surface area contributed by atoms with Crippen molar-refractivity contribution in [3.8, 4) is 0 Å². The van der Waals surface area contributed by atoms with Gasteiger partial charge in [0.2, 0.25) is 0 Å². The van der Waals surface area contributed by atoms with Crippen molar-refractivity contribution in [3.05, 3.63) is 29.8 Å². The maximum atomic E-state index is 5.41. The van der Waals surface area contributed by atoms with Crippen LogP contribution in [0.5, 0.6) is 0 Å². The van der Waals surface area contributed by atoms with Crippen LogP contribution in [0.3, 0.4) is 0 Å². The molecule has 0 aromatic heterocycles. The lowest BCUT2D eigenvalue weighted by Crippen LogP contribution is -2.36. The van der Waals surface area contributed by atoms with Crippen LogP contribution in [0, 0.1) is 5.41 Å². The Kier molecular flexibility index (Phi) is 4.69. The number of rotatable bonds is 3. The average molecular weight is 290 g/mol. The van der Waals surface area contributed by atoms with Gasteiger partial charge in [-0.05, 0) is 60.5 Å². The van der Waals surface area contributed by atoms with Gasteiger partial charge < -0.3 is 10.6 Å². The summed E-state index contributed by atoms with van der Waals surface area (Å²) in [6.45, 7) is 9.07. The fraction of sp³-hybridized carbons (Fsp3) is 0.588. The van der Waals surface area contributed by atoms with Gasteiger partial charge in [0.05, 0.1) is 0 Å². The number of anilines is 1. The summed E-state index contributed by atoms with van der Waals surface area (Å²) < 4.78 is 0.